The quantitative estimate of drug-likeness (QED) is 0.415. The fourth-order valence-electron chi connectivity index (χ4n) is 3.57. The number of H-pyrrole nitrogens is 1. The Kier molecular flexibility index (Phi) is 7.26. The monoisotopic (exact) mass is 401 g/mol. The zero-order chi connectivity index (χ0) is 20.6. The molecular formula is C20H31N7O2. The minimum absolute atomic E-state index is 0.0657. The molecule has 1 saturated carbocycles. The number of amides is 1. The summed E-state index contributed by atoms with van der Waals surface area (Å²) in [6, 6.07) is 4.06. The molecule has 0 spiro atoms. The molecule has 2 unspecified atom stereocenters. The molecule has 29 heavy (non-hydrogen) atoms. The van der Waals surface area contributed by atoms with Crippen molar-refractivity contribution in [3.05, 3.63) is 24.2 Å². The van der Waals surface area contributed by atoms with Crippen LogP contribution in [-0.2, 0) is 11.2 Å². The SMILES string of the molecule is CN=C(NCCc1nc(-c2ccco2)n[nH]1)NC1CCCC(C(=O)NC(C)C)C1. The van der Waals surface area contributed by atoms with Crippen molar-refractivity contribution in [1.82, 2.24) is 31.1 Å². The molecule has 9 nitrogen and oxygen atoms in total. The lowest BCUT2D eigenvalue weighted by Crippen LogP contribution is -2.47. The van der Waals surface area contributed by atoms with Gasteiger partial charge >= 0.3 is 0 Å². The molecule has 2 atom stereocenters. The predicted octanol–water partition coefficient (Wildman–Crippen LogP) is 1.86. The summed E-state index contributed by atoms with van der Waals surface area (Å²) in [7, 11) is 1.75. The first kappa shape index (κ1) is 20.9. The summed E-state index contributed by atoms with van der Waals surface area (Å²) in [5.74, 6) is 2.95. The molecule has 0 aliphatic heterocycles. The van der Waals surface area contributed by atoms with Crippen LogP contribution >= 0.6 is 0 Å². The molecule has 2 heterocycles. The number of carbonyl (C=O) groups is 1. The lowest BCUT2D eigenvalue weighted by atomic mass is 9.85. The lowest BCUT2D eigenvalue weighted by molar-refractivity contribution is -0.126. The van der Waals surface area contributed by atoms with Crippen molar-refractivity contribution in [2.45, 2.75) is 58.0 Å². The number of guanidine groups is 1. The van der Waals surface area contributed by atoms with Crippen LogP contribution in [0.25, 0.3) is 11.6 Å². The third kappa shape index (κ3) is 6.07. The van der Waals surface area contributed by atoms with E-state index in [-0.39, 0.29) is 23.9 Å². The van der Waals surface area contributed by atoms with Gasteiger partial charge in [-0.1, -0.05) is 6.42 Å². The summed E-state index contributed by atoms with van der Waals surface area (Å²) >= 11 is 0. The number of carbonyl (C=O) groups excluding carboxylic acids is 1. The Labute approximate surface area is 171 Å². The predicted molar refractivity (Wildman–Crippen MR) is 111 cm³/mol. The fraction of sp³-hybridized carbons (Fsp3) is 0.600. The van der Waals surface area contributed by atoms with Gasteiger partial charge in [-0.2, -0.15) is 5.10 Å². The van der Waals surface area contributed by atoms with Crippen molar-refractivity contribution in [3.8, 4) is 11.6 Å². The molecule has 2 aromatic heterocycles. The topological polar surface area (TPSA) is 120 Å². The molecule has 1 fully saturated rings. The smallest absolute Gasteiger partial charge is 0.223 e. The van der Waals surface area contributed by atoms with Gasteiger partial charge in [-0.15, -0.1) is 0 Å². The number of aliphatic imine (C=N–C) groups is 1. The number of aromatic nitrogens is 3. The number of furan rings is 1. The second kappa shape index (κ2) is 10.1. The van der Waals surface area contributed by atoms with Crippen molar-refractivity contribution < 1.29 is 9.21 Å². The van der Waals surface area contributed by atoms with Crippen LogP contribution in [-0.4, -0.2) is 52.7 Å². The van der Waals surface area contributed by atoms with Crippen LogP contribution in [0.15, 0.2) is 27.8 Å². The standard InChI is InChI=1S/C20H31N7O2/c1-13(2)23-19(28)14-6-4-7-15(12-14)24-20(21-3)22-10-9-17-25-18(27-26-17)16-8-5-11-29-16/h5,8,11,13-15H,4,6-7,9-10,12H2,1-3H3,(H,23,28)(H2,21,22,24)(H,25,26,27). The average Bonchev–Trinajstić information content (AvgIpc) is 3.38. The van der Waals surface area contributed by atoms with Gasteiger partial charge in [-0.3, -0.25) is 14.9 Å². The van der Waals surface area contributed by atoms with E-state index < -0.39 is 0 Å². The van der Waals surface area contributed by atoms with Crippen LogP contribution in [0.2, 0.25) is 0 Å². The second-order valence-electron chi connectivity index (χ2n) is 7.70. The zero-order valence-electron chi connectivity index (χ0n) is 17.4. The van der Waals surface area contributed by atoms with E-state index in [0.717, 1.165) is 37.5 Å². The van der Waals surface area contributed by atoms with Gasteiger partial charge in [0.2, 0.25) is 11.7 Å². The maximum absolute atomic E-state index is 12.3. The molecule has 1 aliphatic rings. The van der Waals surface area contributed by atoms with Crippen LogP contribution in [0, 0.1) is 5.92 Å². The number of hydrogen-bond acceptors (Lipinski definition) is 5. The molecule has 9 heteroatoms. The number of nitrogens with one attached hydrogen (secondary N) is 4. The van der Waals surface area contributed by atoms with E-state index in [1.54, 1.807) is 13.3 Å². The highest BCUT2D eigenvalue weighted by Gasteiger charge is 2.28. The summed E-state index contributed by atoms with van der Waals surface area (Å²) in [6.07, 6.45) is 6.14. The molecule has 0 bridgehead atoms. The van der Waals surface area contributed by atoms with Crippen LogP contribution < -0.4 is 16.0 Å². The van der Waals surface area contributed by atoms with Crippen LogP contribution in [0.4, 0.5) is 0 Å². The van der Waals surface area contributed by atoms with Crippen molar-refractivity contribution in [2.24, 2.45) is 10.9 Å². The number of nitrogens with zero attached hydrogens (tertiary/aromatic N) is 3. The van der Waals surface area contributed by atoms with Crippen LogP contribution in [0.3, 0.4) is 0 Å². The van der Waals surface area contributed by atoms with Gasteiger partial charge in [0.15, 0.2) is 11.7 Å². The molecule has 0 saturated heterocycles. The highest BCUT2D eigenvalue weighted by atomic mass is 16.3. The van der Waals surface area contributed by atoms with Gasteiger partial charge in [0.25, 0.3) is 0 Å². The Morgan fingerprint density at radius 1 is 1.41 bits per heavy atom. The van der Waals surface area contributed by atoms with Crippen molar-refractivity contribution in [3.63, 3.8) is 0 Å². The van der Waals surface area contributed by atoms with Gasteiger partial charge in [-0.05, 0) is 45.2 Å². The van der Waals surface area contributed by atoms with Gasteiger partial charge < -0.3 is 20.4 Å². The van der Waals surface area contributed by atoms with Gasteiger partial charge in [0.1, 0.15) is 5.82 Å². The van der Waals surface area contributed by atoms with Crippen molar-refractivity contribution in [1.29, 1.82) is 0 Å². The van der Waals surface area contributed by atoms with Gasteiger partial charge in [0.05, 0.1) is 6.26 Å². The Morgan fingerprint density at radius 3 is 3.00 bits per heavy atom. The maximum Gasteiger partial charge on any atom is 0.223 e. The summed E-state index contributed by atoms with van der Waals surface area (Å²) < 4.78 is 5.31. The molecule has 1 aliphatic carbocycles. The van der Waals surface area contributed by atoms with Crippen molar-refractivity contribution in [2.75, 3.05) is 13.6 Å². The van der Waals surface area contributed by atoms with Crippen molar-refractivity contribution >= 4 is 11.9 Å². The largest absolute Gasteiger partial charge is 0.461 e. The third-order valence-corrected chi connectivity index (χ3v) is 4.97. The Balaban J connectivity index is 1.44. The van der Waals surface area contributed by atoms with E-state index >= 15 is 0 Å². The Bertz CT molecular complexity index is 798. The summed E-state index contributed by atoms with van der Waals surface area (Å²) in [6.45, 7) is 4.65. The number of aromatic amines is 1. The Morgan fingerprint density at radius 2 is 2.28 bits per heavy atom. The summed E-state index contributed by atoms with van der Waals surface area (Å²) in [5.41, 5.74) is 0. The first-order chi connectivity index (χ1) is 14.0. The molecule has 1 amide bonds. The summed E-state index contributed by atoms with van der Waals surface area (Å²) in [4.78, 5) is 21.1. The number of rotatable bonds is 7. The molecule has 0 aromatic carbocycles. The first-order valence-electron chi connectivity index (χ1n) is 10.3. The highest BCUT2D eigenvalue weighted by molar-refractivity contribution is 5.81. The fourth-order valence-corrected chi connectivity index (χ4v) is 3.57. The van der Waals surface area contributed by atoms with Crippen LogP contribution in [0.5, 0.6) is 0 Å². The molecule has 2 aromatic rings. The van der Waals surface area contributed by atoms with E-state index in [9.17, 15) is 4.79 Å². The van der Waals surface area contributed by atoms with E-state index in [2.05, 4.69) is 36.1 Å². The summed E-state index contributed by atoms with van der Waals surface area (Å²) in [5, 5.41) is 16.9. The van der Waals surface area contributed by atoms with E-state index in [0.29, 0.717) is 24.6 Å². The van der Waals surface area contributed by atoms with E-state index in [4.69, 9.17) is 4.42 Å². The minimum Gasteiger partial charge on any atom is -0.461 e. The lowest BCUT2D eigenvalue weighted by Gasteiger charge is -2.30. The van der Waals surface area contributed by atoms with E-state index in [1.807, 2.05) is 26.0 Å². The zero-order valence-corrected chi connectivity index (χ0v) is 17.4. The van der Waals surface area contributed by atoms with Gasteiger partial charge in [0, 0.05) is 38.0 Å². The maximum atomic E-state index is 12.3. The third-order valence-electron chi connectivity index (χ3n) is 4.97. The molecule has 4 N–H and O–H groups in total. The second-order valence-corrected chi connectivity index (χ2v) is 7.70. The normalized spacial score (nSPS) is 19.9. The van der Waals surface area contributed by atoms with Gasteiger partial charge in [-0.25, -0.2) is 4.98 Å². The number of hydrogen-bond donors (Lipinski definition) is 4. The average molecular weight is 402 g/mol. The molecular weight excluding hydrogens is 370 g/mol. The van der Waals surface area contributed by atoms with Crippen LogP contribution in [0.1, 0.15) is 45.4 Å². The molecule has 0 radical (unpaired) electrons. The molecule has 3 rings (SSSR count). The first-order valence-corrected chi connectivity index (χ1v) is 10.3. The minimum atomic E-state index is 0.0657. The Hall–Kier alpha value is -2.84. The van der Waals surface area contributed by atoms with E-state index in [1.165, 1.54) is 0 Å². The molecule has 158 valence electrons. The highest BCUT2D eigenvalue weighted by Crippen LogP contribution is 2.24.